The standard InChI is InChI=1S/C21H27N5O6S/c1-2-31-16-8-12-5-3-4-6-14(12)19(16)26-18-9-17(23-11-24-18)25-15-7-13(20(27)21(15)28)10-32-33(22,29)30/h2-6,9,11,13,15-16,19-21,27-28H,1,7-8,10H2,(H2,22,29,30)(H2,23,24,25,26)/t13-,15-,16+,19-,20-,21+/m1/s1. The number of hydrogen-bond acceptors (Lipinski definition) is 10. The topological polar surface area (TPSA) is 169 Å². The van der Waals surface area contributed by atoms with E-state index in [0.717, 1.165) is 12.0 Å². The third-order valence-electron chi connectivity index (χ3n) is 6.01. The predicted octanol–water partition coefficient (Wildman–Crippen LogP) is 0.457. The summed E-state index contributed by atoms with van der Waals surface area (Å²) in [5, 5.41) is 32.0. The fraction of sp³-hybridized carbons (Fsp3) is 0.429. The summed E-state index contributed by atoms with van der Waals surface area (Å²) in [4.78, 5) is 8.49. The average Bonchev–Trinajstić information content (AvgIpc) is 3.24. The zero-order chi connectivity index (χ0) is 23.6. The van der Waals surface area contributed by atoms with Crippen LogP contribution in [-0.4, -0.2) is 59.6 Å². The van der Waals surface area contributed by atoms with Crippen LogP contribution in [0.5, 0.6) is 0 Å². The zero-order valence-electron chi connectivity index (χ0n) is 17.7. The molecule has 0 saturated heterocycles. The molecular formula is C21H27N5O6S. The minimum absolute atomic E-state index is 0.138. The van der Waals surface area contributed by atoms with Gasteiger partial charge in [-0.2, -0.15) is 8.42 Å². The molecule has 1 heterocycles. The third-order valence-corrected chi connectivity index (χ3v) is 6.47. The normalized spacial score (nSPS) is 28.8. The largest absolute Gasteiger partial charge is 0.496 e. The number of aliphatic hydroxyl groups excluding tert-OH is 2. The summed E-state index contributed by atoms with van der Waals surface area (Å²) in [7, 11) is -4.13. The molecule has 12 heteroatoms. The van der Waals surface area contributed by atoms with Crippen LogP contribution < -0.4 is 15.8 Å². The van der Waals surface area contributed by atoms with Crippen LogP contribution in [0.15, 0.2) is 49.5 Å². The number of fused-ring (bicyclic) bond motifs is 1. The van der Waals surface area contributed by atoms with Gasteiger partial charge in [-0.1, -0.05) is 30.8 Å². The van der Waals surface area contributed by atoms with Gasteiger partial charge in [0.05, 0.1) is 31.1 Å². The summed E-state index contributed by atoms with van der Waals surface area (Å²) in [6.07, 6.45) is 1.36. The van der Waals surface area contributed by atoms with Crippen LogP contribution in [0.4, 0.5) is 11.6 Å². The maximum Gasteiger partial charge on any atom is 0.333 e. The molecule has 1 aromatic heterocycles. The third kappa shape index (κ3) is 5.42. The van der Waals surface area contributed by atoms with Gasteiger partial charge >= 0.3 is 10.3 Å². The van der Waals surface area contributed by atoms with Crippen LogP contribution in [0.1, 0.15) is 23.6 Å². The molecule has 6 N–H and O–H groups in total. The molecule has 2 aliphatic carbocycles. The van der Waals surface area contributed by atoms with E-state index in [1.165, 1.54) is 18.2 Å². The molecule has 1 aromatic carbocycles. The molecule has 2 aliphatic rings. The van der Waals surface area contributed by atoms with Crippen molar-refractivity contribution >= 4 is 21.9 Å². The van der Waals surface area contributed by atoms with E-state index >= 15 is 0 Å². The molecule has 0 unspecified atom stereocenters. The monoisotopic (exact) mass is 477 g/mol. The van der Waals surface area contributed by atoms with Gasteiger partial charge in [0.15, 0.2) is 0 Å². The molecule has 0 amide bonds. The van der Waals surface area contributed by atoms with Crippen LogP contribution in [0.3, 0.4) is 0 Å². The molecule has 0 aliphatic heterocycles. The number of rotatable bonds is 9. The van der Waals surface area contributed by atoms with E-state index in [1.54, 1.807) is 6.07 Å². The lowest BCUT2D eigenvalue weighted by atomic mass is 10.1. The van der Waals surface area contributed by atoms with E-state index in [1.807, 2.05) is 18.2 Å². The van der Waals surface area contributed by atoms with Crippen molar-refractivity contribution in [2.24, 2.45) is 11.1 Å². The summed E-state index contributed by atoms with van der Waals surface area (Å²) < 4.78 is 32.3. The SMILES string of the molecule is C=CO[C@H]1Cc2ccccc2[C@H]1Nc1cc(N[C@@H]2C[C@H](COS(N)(=O)=O)[C@@H](O)[C@H]2O)ncn1. The molecular weight excluding hydrogens is 450 g/mol. The Labute approximate surface area is 191 Å². The van der Waals surface area contributed by atoms with Crippen LogP contribution in [0, 0.1) is 5.92 Å². The van der Waals surface area contributed by atoms with E-state index in [-0.39, 0.29) is 25.2 Å². The van der Waals surface area contributed by atoms with Crippen molar-refractivity contribution in [1.29, 1.82) is 0 Å². The van der Waals surface area contributed by atoms with Gasteiger partial charge in [0, 0.05) is 18.4 Å². The summed E-state index contributed by atoms with van der Waals surface area (Å²) in [5.74, 6) is 0.375. The Morgan fingerprint density at radius 2 is 1.91 bits per heavy atom. The lowest BCUT2D eigenvalue weighted by Crippen LogP contribution is -2.36. The fourth-order valence-electron chi connectivity index (χ4n) is 4.46. The first kappa shape index (κ1) is 23.4. The van der Waals surface area contributed by atoms with Gasteiger partial charge in [0.2, 0.25) is 0 Å². The number of ether oxygens (including phenoxy) is 1. The van der Waals surface area contributed by atoms with Crippen LogP contribution >= 0.6 is 0 Å². The van der Waals surface area contributed by atoms with Crippen LogP contribution in [-0.2, 0) is 25.6 Å². The van der Waals surface area contributed by atoms with E-state index in [4.69, 9.17) is 9.88 Å². The first-order valence-corrected chi connectivity index (χ1v) is 11.9. The van der Waals surface area contributed by atoms with E-state index in [0.29, 0.717) is 11.6 Å². The molecule has 0 bridgehead atoms. The molecule has 178 valence electrons. The van der Waals surface area contributed by atoms with Crippen molar-refractivity contribution in [3.8, 4) is 0 Å². The number of aromatic nitrogens is 2. The first-order valence-electron chi connectivity index (χ1n) is 10.5. The van der Waals surface area contributed by atoms with Gasteiger partial charge in [0.1, 0.15) is 30.2 Å². The van der Waals surface area contributed by atoms with E-state index in [9.17, 15) is 18.6 Å². The molecule has 0 radical (unpaired) electrons. The van der Waals surface area contributed by atoms with Gasteiger partial charge in [-0.25, -0.2) is 15.1 Å². The lowest BCUT2D eigenvalue weighted by Gasteiger charge is -2.23. The van der Waals surface area contributed by atoms with Gasteiger partial charge < -0.3 is 25.6 Å². The first-order chi connectivity index (χ1) is 15.7. The summed E-state index contributed by atoms with van der Waals surface area (Å²) in [6, 6.07) is 9.05. The highest BCUT2D eigenvalue weighted by Gasteiger charge is 2.42. The summed E-state index contributed by atoms with van der Waals surface area (Å²) in [6.45, 7) is 3.34. The highest BCUT2D eigenvalue weighted by atomic mass is 32.2. The number of anilines is 2. The van der Waals surface area contributed by atoms with Crippen molar-refractivity contribution in [3.05, 3.63) is 60.6 Å². The predicted molar refractivity (Wildman–Crippen MR) is 120 cm³/mol. The highest BCUT2D eigenvalue weighted by molar-refractivity contribution is 7.84. The average molecular weight is 478 g/mol. The maximum atomic E-state index is 11.0. The number of hydrogen-bond donors (Lipinski definition) is 5. The number of nitrogens with one attached hydrogen (secondary N) is 2. The molecule has 0 spiro atoms. The van der Waals surface area contributed by atoms with Crippen LogP contribution in [0.2, 0.25) is 0 Å². The molecule has 4 rings (SSSR count). The second kappa shape index (κ2) is 9.61. The molecule has 6 atom stereocenters. The molecule has 1 fully saturated rings. The van der Waals surface area contributed by atoms with Gasteiger partial charge in [-0.05, 0) is 17.5 Å². The highest BCUT2D eigenvalue weighted by Crippen LogP contribution is 2.36. The number of nitrogens with zero attached hydrogens (tertiary/aromatic N) is 2. The molecule has 11 nitrogen and oxygen atoms in total. The Hall–Kier alpha value is -2.77. The Bertz CT molecular complexity index is 1100. The molecule has 2 aromatic rings. The Morgan fingerprint density at radius 3 is 2.64 bits per heavy atom. The molecule has 1 saturated carbocycles. The second-order valence-electron chi connectivity index (χ2n) is 8.16. The van der Waals surface area contributed by atoms with Crippen LogP contribution in [0.25, 0.3) is 0 Å². The van der Waals surface area contributed by atoms with Crippen molar-refractivity contribution in [2.45, 2.75) is 43.2 Å². The quantitative estimate of drug-likeness (QED) is 0.320. The minimum atomic E-state index is -4.13. The Balaban J connectivity index is 1.44. The lowest BCUT2D eigenvalue weighted by molar-refractivity contribution is 0.00778. The molecule has 33 heavy (non-hydrogen) atoms. The smallest absolute Gasteiger partial charge is 0.333 e. The maximum absolute atomic E-state index is 11.0. The van der Waals surface area contributed by atoms with Crippen molar-refractivity contribution < 1.29 is 27.6 Å². The number of aliphatic hydroxyl groups is 2. The van der Waals surface area contributed by atoms with Crippen molar-refractivity contribution in [2.75, 3.05) is 17.2 Å². The van der Waals surface area contributed by atoms with Crippen molar-refractivity contribution in [1.82, 2.24) is 9.97 Å². The van der Waals surface area contributed by atoms with Gasteiger partial charge in [-0.15, -0.1) is 0 Å². The summed E-state index contributed by atoms with van der Waals surface area (Å²) in [5.41, 5.74) is 2.30. The summed E-state index contributed by atoms with van der Waals surface area (Å²) >= 11 is 0. The minimum Gasteiger partial charge on any atom is -0.496 e. The second-order valence-corrected chi connectivity index (χ2v) is 9.38. The van der Waals surface area contributed by atoms with Crippen molar-refractivity contribution in [3.63, 3.8) is 0 Å². The van der Waals surface area contributed by atoms with E-state index < -0.39 is 34.5 Å². The van der Waals surface area contributed by atoms with Gasteiger partial charge in [0.25, 0.3) is 0 Å². The van der Waals surface area contributed by atoms with Gasteiger partial charge in [-0.3, -0.25) is 4.18 Å². The Kier molecular flexibility index (Phi) is 6.81. The fourth-order valence-corrected chi connectivity index (χ4v) is 4.82. The number of nitrogens with two attached hydrogens (primary N) is 1. The van der Waals surface area contributed by atoms with E-state index in [2.05, 4.69) is 37.4 Å². The Morgan fingerprint density at radius 1 is 1.18 bits per heavy atom. The number of benzene rings is 1. The zero-order valence-corrected chi connectivity index (χ0v) is 18.6.